The topological polar surface area (TPSA) is 101 Å². The molecule has 0 fully saturated rings. The molecule has 0 saturated carbocycles. The Morgan fingerprint density at radius 1 is 1.00 bits per heavy atom. The van der Waals surface area contributed by atoms with Gasteiger partial charge in [-0.1, -0.05) is 39.0 Å². The Kier molecular flexibility index (Phi) is 10.7. The molecular weight excluding hydrogens is 450 g/mol. The van der Waals surface area contributed by atoms with E-state index in [1.54, 1.807) is 13.8 Å². The van der Waals surface area contributed by atoms with Gasteiger partial charge in [-0.05, 0) is 37.8 Å². The molecule has 190 valence electrons. The molecule has 8 heteroatoms. The first-order chi connectivity index (χ1) is 16.7. The normalized spacial score (nSPS) is 13.5. The Balaban J connectivity index is 2.13. The molecule has 1 heterocycles. The van der Waals surface area contributed by atoms with Crippen LogP contribution in [-0.2, 0) is 14.3 Å². The average Bonchev–Trinajstić information content (AvgIpc) is 2.84. The lowest BCUT2D eigenvalue weighted by Gasteiger charge is -2.31. The highest BCUT2D eigenvalue weighted by atomic mass is 16.6. The van der Waals surface area contributed by atoms with Gasteiger partial charge in [0.1, 0.15) is 18.0 Å². The lowest BCUT2D eigenvalue weighted by Crippen LogP contribution is -2.40. The number of methoxy groups -OCH3 is 1. The third kappa shape index (κ3) is 7.80. The van der Waals surface area contributed by atoms with Crippen molar-refractivity contribution in [2.45, 2.75) is 66.1 Å². The van der Waals surface area contributed by atoms with Crippen LogP contribution >= 0.6 is 0 Å². The number of aromatic nitrogens is 1. The van der Waals surface area contributed by atoms with Gasteiger partial charge in [-0.15, -0.1) is 0 Å². The molecule has 8 nitrogen and oxygen atoms in total. The van der Waals surface area contributed by atoms with Crippen LogP contribution in [0.25, 0.3) is 0 Å². The summed E-state index contributed by atoms with van der Waals surface area (Å²) in [5, 5.41) is 0. The van der Waals surface area contributed by atoms with Crippen LogP contribution < -0.4 is 14.2 Å². The Bertz CT molecular complexity index is 988. The van der Waals surface area contributed by atoms with Crippen LogP contribution in [0.3, 0.4) is 0 Å². The number of esters is 2. The summed E-state index contributed by atoms with van der Waals surface area (Å²) in [6.45, 7) is 8.79. The minimum atomic E-state index is -0.748. The number of hydrogen-bond donors (Lipinski definition) is 0. The van der Waals surface area contributed by atoms with Crippen molar-refractivity contribution in [1.29, 1.82) is 0 Å². The monoisotopic (exact) mass is 485 g/mol. The largest absolute Gasteiger partial charge is 0.493 e. The first-order valence-corrected chi connectivity index (χ1v) is 11.9. The van der Waals surface area contributed by atoms with Crippen LogP contribution in [0, 0.1) is 11.8 Å². The standard InChI is InChI=1S/C27H35NO7/c1-7-20(8-2)25(35-21-12-10-9-11-13-21)18(4)33-27(31)17(3)16-22(30)24-26(34-19(5)29)23(32-6)14-15-28-24/h9-15,17-18,20,25H,7-8,16H2,1-6H3/t17-,18+,25+/m1/s1. The lowest BCUT2D eigenvalue weighted by molar-refractivity contribution is -0.158. The van der Waals surface area contributed by atoms with Gasteiger partial charge in [0.05, 0.1) is 13.0 Å². The van der Waals surface area contributed by atoms with E-state index in [4.69, 9.17) is 18.9 Å². The molecule has 2 rings (SSSR count). The molecule has 3 atom stereocenters. The van der Waals surface area contributed by atoms with Gasteiger partial charge in [0.25, 0.3) is 0 Å². The Hall–Kier alpha value is -3.42. The summed E-state index contributed by atoms with van der Waals surface area (Å²) in [7, 11) is 1.39. The quantitative estimate of drug-likeness (QED) is 0.287. The van der Waals surface area contributed by atoms with Crippen molar-refractivity contribution >= 4 is 17.7 Å². The van der Waals surface area contributed by atoms with Crippen molar-refractivity contribution in [1.82, 2.24) is 4.98 Å². The summed E-state index contributed by atoms with van der Waals surface area (Å²) in [6, 6.07) is 10.9. The maximum atomic E-state index is 12.9. The number of carbonyl (C=O) groups excluding carboxylic acids is 3. The van der Waals surface area contributed by atoms with E-state index in [1.807, 2.05) is 30.3 Å². The molecule has 0 spiro atoms. The Morgan fingerprint density at radius 3 is 2.23 bits per heavy atom. The predicted octanol–water partition coefficient (Wildman–Crippen LogP) is 5.04. The predicted molar refractivity (Wildman–Crippen MR) is 131 cm³/mol. The average molecular weight is 486 g/mol. The second-order valence-electron chi connectivity index (χ2n) is 8.43. The fourth-order valence-electron chi connectivity index (χ4n) is 3.84. The molecule has 0 amide bonds. The van der Waals surface area contributed by atoms with Crippen LogP contribution in [0.2, 0.25) is 0 Å². The van der Waals surface area contributed by atoms with E-state index in [-0.39, 0.29) is 35.6 Å². The van der Waals surface area contributed by atoms with Crippen molar-refractivity contribution < 1.29 is 33.3 Å². The Morgan fingerprint density at radius 2 is 1.66 bits per heavy atom. The molecule has 0 saturated heterocycles. The number of ether oxygens (including phenoxy) is 4. The molecule has 0 N–H and O–H groups in total. The molecule has 1 aromatic carbocycles. The Labute approximate surface area is 206 Å². The van der Waals surface area contributed by atoms with Gasteiger partial charge < -0.3 is 18.9 Å². The van der Waals surface area contributed by atoms with Crippen LogP contribution in [0.15, 0.2) is 42.6 Å². The maximum absolute atomic E-state index is 12.9. The zero-order chi connectivity index (χ0) is 26.0. The van der Waals surface area contributed by atoms with E-state index in [0.29, 0.717) is 5.75 Å². The summed E-state index contributed by atoms with van der Waals surface area (Å²) in [6.07, 6.45) is 2.07. The van der Waals surface area contributed by atoms with Gasteiger partial charge in [-0.25, -0.2) is 4.98 Å². The lowest BCUT2D eigenvalue weighted by atomic mass is 9.92. The first kappa shape index (κ1) is 27.8. The number of carbonyl (C=O) groups is 3. The van der Waals surface area contributed by atoms with E-state index in [2.05, 4.69) is 18.8 Å². The minimum Gasteiger partial charge on any atom is -0.493 e. The number of hydrogen-bond acceptors (Lipinski definition) is 8. The summed E-state index contributed by atoms with van der Waals surface area (Å²) >= 11 is 0. The molecule has 0 aliphatic carbocycles. The van der Waals surface area contributed by atoms with Crippen molar-refractivity contribution in [3.8, 4) is 17.2 Å². The fourth-order valence-corrected chi connectivity index (χ4v) is 3.84. The molecular formula is C27H35NO7. The molecule has 0 aliphatic rings. The number of ketones is 1. The summed E-state index contributed by atoms with van der Waals surface area (Å²) in [4.78, 5) is 41.4. The van der Waals surface area contributed by atoms with Gasteiger partial charge in [-0.2, -0.15) is 0 Å². The third-order valence-corrected chi connectivity index (χ3v) is 5.79. The van der Waals surface area contributed by atoms with Crippen molar-refractivity contribution in [2.75, 3.05) is 7.11 Å². The van der Waals surface area contributed by atoms with E-state index in [1.165, 1.54) is 26.3 Å². The number of benzene rings is 1. The van der Waals surface area contributed by atoms with Gasteiger partial charge in [-0.3, -0.25) is 14.4 Å². The number of rotatable bonds is 13. The zero-order valence-corrected chi connectivity index (χ0v) is 21.3. The number of para-hydroxylation sites is 1. The zero-order valence-electron chi connectivity index (χ0n) is 21.3. The van der Waals surface area contributed by atoms with Gasteiger partial charge in [0.2, 0.25) is 5.75 Å². The van der Waals surface area contributed by atoms with Crippen LogP contribution in [0.5, 0.6) is 17.2 Å². The van der Waals surface area contributed by atoms with E-state index in [0.717, 1.165) is 12.8 Å². The highest BCUT2D eigenvalue weighted by Gasteiger charge is 2.32. The van der Waals surface area contributed by atoms with E-state index in [9.17, 15) is 14.4 Å². The summed E-state index contributed by atoms with van der Waals surface area (Å²) in [5.41, 5.74) is -0.0745. The summed E-state index contributed by atoms with van der Waals surface area (Å²) < 4.78 is 22.3. The van der Waals surface area contributed by atoms with Gasteiger partial charge in [0, 0.05) is 25.6 Å². The second-order valence-corrected chi connectivity index (χ2v) is 8.43. The number of nitrogens with zero attached hydrogens (tertiary/aromatic N) is 1. The van der Waals surface area contributed by atoms with Crippen LogP contribution in [-0.4, -0.2) is 42.0 Å². The molecule has 0 bridgehead atoms. The molecule has 35 heavy (non-hydrogen) atoms. The van der Waals surface area contributed by atoms with Crippen LogP contribution in [0.1, 0.15) is 64.4 Å². The molecule has 0 aliphatic heterocycles. The maximum Gasteiger partial charge on any atom is 0.309 e. The third-order valence-electron chi connectivity index (χ3n) is 5.79. The van der Waals surface area contributed by atoms with Crippen LogP contribution in [0.4, 0.5) is 0 Å². The van der Waals surface area contributed by atoms with Gasteiger partial charge in [0.15, 0.2) is 17.2 Å². The van der Waals surface area contributed by atoms with Crippen molar-refractivity contribution in [3.05, 3.63) is 48.3 Å². The fraction of sp³-hybridized carbons (Fsp3) is 0.481. The minimum absolute atomic E-state index is 0.0634. The first-order valence-electron chi connectivity index (χ1n) is 11.9. The number of pyridine rings is 1. The molecule has 2 aromatic rings. The van der Waals surface area contributed by atoms with Gasteiger partial charge >= 0.3 is 11.9 Å². The molecule has 0 unspecified atom stereocenters. The van der Waals surface area contributed by atoms with E-state index >= 15 is 0 Å². The molecule has 1 aromatic heterocycles. The molecule has 0 radical (unpaired) electrons. The highest BCUT2D eigenvalue weighted by molar-refractivity contribution is 5.99. The van der Waals surface area contributed by atoms with Crippen molar-refractivity contribution in [3.63, 3.8) is 0 Å². The summed E-state index contributed by atoms with van der Waals surface area (Å²) in [5.74, 6) is -1.32. The number of Topliss-reactive ketones (excluding diaryl/α,β-unsaturated/α-hetero) is 1. The second kappa shape index (κ2) is 13.5. The smallest absolute Gasteiger partial charge is 0.309 e. The SMILES string of the molecule is CCC(CC)[C@@H](Oc1ccccc1)[C@H](C)OC(=O)[C@H](C)CC(=O)c1nccc(OC)c1OC(C)=O. The van der Waals surface area contributed by atoms with Crippen molar-refractivity contribution in [2.24, 2.45) is 11.8 Å². The van der Waals surface area contributed by atoms with E-state index < -0.39 is 29.7 Å². The highest BCUT2D eigenvalue weighted by Crippen LogP contribution is 2.31.